The first-order valence-electron chi connectivity index (χ1n) is 5.68. The highest BCUT2D eigenvalue weighted by molar-refractivity contribution is 9.10. The molecule has 0 saturated carbocycles. The van der Waals surface area contributed by atoms with E-state index in [1.54, 1.807) is 6.07 Å². The fraction of sp³-hybridized carbons (Fsp3) is 0.143. The molecular formula is C14H12BrNO3. The molecule has 0 radical (unpaired) electrons. The van der Waals surface area contributed by atoms with E-state index in [9.17, 15) is 10.1 Å². The van der Waals surface area contributed by atoms with Gasteiger partial charge in [0.2, 0.25) is 0 Å². The Morgan fingerprint density at radius 1 is 1.21 bits per heavy atom. The van der Waals surface area contributed by atoms with Crippen LogP contribution in [-0.4, -0.2) is 4.92 Å². The molecule has 0 saturated heterocycles. The van der Waals surface area contributed by atoms with E-state index in [1.807, 2.05) is 31.2 Å². The van der Waals surface area contributed by atoms with Crippen LogP contribution in [0, 0.1) is 17.0 Å². The molecule has 0 aliphatic carbocycles. The summed E-state index contributed by atoms with van der Waals surface area (Å²) in [6.07, 6.45) is 0. The van der Waals surface area contributed by atoms with Crippen LogP contribution in [0.5, 0.6) is 5.75 Å². The molecule has 0 aliphatic heterocycles. The summed E-state index contributed by atoms with van der Waals surface area (Å²) in [5, 5.41) is 10.7. The van der Waals surface area contributed by atoms with Crippen molar-refractivity contribution in [2.24, 2.45) is 0 Å². The Kier molecular flexibility index (Phi) is 4.16. The van der Waals surface area contributed by atoms with E-state index in [-0.39, 0.29) is 5.69 Å². The average Bonchev–Trinajstić information content (AvgIpc) is 2.39. The highest BCUT2D eigenvalue weighted by atomic mass is 79.9. The van der Waals surface area contributed by atoms with Crippen LogP contribution in [0.25, 0.3) is 0 Å². The Labute approximate surface area is 119 Å². The van der Waals surface area contributed by atoms with E-state index >= 15 is 0 Å². The molecule has 0 aromatic heterocycles. The number of rotatable bonds is 4. The minimum Gasteiger partial charge on any atom is -0.487 e. The molecule has 2 aromatic carbocycles. The van der Waals surface area contributed by atoms with Gasteiger partial charge in [-0.25, -0.2) is 0 Å². The van der Waals surface area contributed by atoms with Crippen LogP contribution in [0.2, 0.25) is 0 Å². The van der Waals surface area contributed by atoms with Gasteiger partial charge >= 0.3 is 0 Å². The standard InChI is InChI=1S/C14H12BrNO3/c1-10-2-4-11(5-3-10)9-19-14-8-12(16(17)18)6-7-13(14)15/h2-8H,9H2,1H3. The summed E-state index contributed by atoms with van der Waals surface area (Å²) in [7, 11) is 0. The lowest BCUT2D eigenvalue weighted by Gasteiger charge is -2.08. The number of halogens is 1. The van der Waals surface area contributed by atoms with Crippen LogP contribution in [0.4, 0.5) is 5.69 Å². The quantitative estimate of drug-likeness (QED) is 0.625. The third kappa shape index (κ3) is 3.54. The molecule has 2 rings (SSSR count). The molecule has 19 heavy (non-hydrogen) atoms. The second kappa shape index (κ2) is 5.84. The van der Waals surface area contributed by atoms with Crippen molar-refractivity contribution in [3.63, 3.8) is 0 Å². The maximum atomic E-state index is 10.7. The minimum absolute atomic E-state index is 0.0158. The smallest absolute Gasteiger partial charge is 0.273 e. The van der Waals surface area contributed by atoms with Gasteiger partial charge < -0.3 is 4.74 Å². The van der Waals surface area contributed by atoms with Gasteiger partial charge in [0.1, 0.15) is 12.4 Å². The Hall–Kier alpha value is -1.88. The summed E-state index contributed by atoms with van der Waals surface area (Å²) < 4.78 is 6.30. The molecule has 0 aliphatic rings. The topological polar surface area (TPSA) is 52.4 Å². The molecule has 0 heterocycles. The van der Waals surface area contributed by atoms with Crippen LogP contribution in [0.15, 0.2) is 46.9 Å². The van der Waals surface area contributed by atoms with Crippen molar-refractivity contribution in [2.45, 2.75) is 13.5 Å². The molecule has 0 bridgehead atoms. The number of ether oxygens (including phenoxy) is 1. The van der Waals surface area contributed by atoms with Crippen LogP contribution in [0.1, 0.15) is 11.1 Å². The fourth-order valence-electron chi connectivity index (χ4n) is 1.56. The third-order valence-electron chi connectivity index (χ3n) is 2.64. The molecule has 5 heteroatoms. The number of nitro groups is 1. The predicted octanol–water partition coefficient (Wildman–Crippen LogP) is 4.24. The van der Waals surface area contributed by atoms with Gasteiger partial charge in [-0.05, 0) is 34.5 Å². The van der Waals surface area contributed by atoms with Crippen molar-refractivity contribution in [1.29, 1.82) is 0 Å². The number of non-ortho nitro benzene ring substituents is 1. The maximum absolute atomic E-state index is 10.7. The van der Waals surface area contributed by atoms with Crippen molar-refractivity contribution in [3.8, 4) is 5.75 Å². The van der Waals surface area contributed by atoms with Gasteiger partial charge in [-0.3, -0.25) is 10.1 Å². The monoisotopic (exact) mass is 321 g/mol. The molecule has 0 N–H and O–H groups in total. The fourth-order valence-corrected chi connectivity index (χ4v) is 1.92. The lowest BCUT2D eigenvalue weighted by Crippen LogP contribution is -1.97. The summed E-state index contributed by atoms with van der Waals surface area (Å²) in [4.78, 5) is 10.3. The minimum atomic E-state index is -0.439. The highest BCUT2D eigenvalue weighted by Crippen LogP contribution is 2.29. The lowest BCUT2D eigenvalue weighted by atomic mass is 10.2. The zero-order chi connectivity index (χ0) is 13.8. The van der Waals surface area contributed by atoms with Gasteiger partial charge in [0, 0.05) is 6.07 Å². The average molecular weight is 322 g/mol. The molecule has 0 atom stereocenters. The van der Waals surface area contributed by atoms with Gasteiger partial charge in [0.25, 0.3) is 5.69 Å². The number of hydrogen-bond acceptors (Lipinski definition) is 3. The maximum Gasteiger partial charge on any atom is 0.273 e. The molecule has 0 unspecified atom stereocenters. The second-order valence-electron chi connectivity index (χ2n) is 4.15. The van der Waals surface area contributed by atoms with Crippen LogP contribution >= 0.6 is 15.9 Å². The zero-order valence-electron chi connectivity index (χ0n) is 10.3. The summed E-state index contributed by atoms with van der Waals surface area (Å²) in [6.45, 7) is 2.39. The van der Waals surface area contributed by atoms with Gasteiger partial charge in [0.15, 0.2) is 0 Å². The summed E-state index contributed by atoms with van der Waals surface area (Å²) in [5.41, 5.74) is 2.21. The molecule has 4 nitrogen and oxygen atoms in total. The molecule has 2 aromatic rings. The normalized spacial score (nSPS) is 10.2. The molecule has 98 valence electrons. The first-order chi connectivity index (χ1) is 9.06. The van der Waals surface area contributed by atoms with E-state index in [4.69, 9.17) is 4.74 Å². The summed E-state index contributed by atoms with van der Waals surface area (Å²) in [5.74, 6) is 0.467. The third-order valence-corrected chi connectivity index (χ3v) is 3.30. The van der Waals surface area contributed by atoms with Crippen molar-refractivity contribution < 1.29 is 9.66 Å². The van der Waals surface area contributed by atoms with Crippen molar-refractivity contribution in [1.82, 2.24) is 0 Å². The van der Waals surface area contributed by atoms with Crippen molar-refractivity contribution >= 4 is 21.6 Å². The largest absolute Gasteiger partial charge is 0.487 e. The Morgan fingerprint density at radius 3 is 2.53 bits per heavy atom. The van der Waals surface area contributed by atoms with E-state index in [1.165, 1.54) is 17.7 Å². The first kappa shape index (κ1) is 13.5. The number of aryl methyl sites for hydroxylation is 1. The van der Waals surface area contributed by atoms with Gasteiger partial charge in [-0.2, -0.15) is 0 Å². The van der Waals surface area contributed by atoms with Crippen LogP contribution < -0.4 is 4.74 Å². The Morgan fingerprint density at radius 2 is 1.89 bits per heavy atom. The Bertz CT molecular complexity index is 596. The van der Waals surface area contributed by atoms with E-state index < -0.39 is 4.92 Å². The van der Waals surface area contributed by atoms with Crippen molar-refractivity contribution in [2.75, 3.05) is 0 Å². The van der Waals surface area contributed by atoms with E-state index in [2.05, 4.69) is 15.9 Å². The zero-order valence-corrected chi connectivity index (χ0v) is 11.9. The van der Waals surface area contributed by atoms with Crippen LogP contribution in [0.3, 0.4) is 0 Å². The number of nitro benzene ring substituents is 1. The van der Waals surface area contributed by atoms with E-state index in [0.29, 0.717) is 16.8 Å². The summed E-state index contributed by atoms with van der Waals surface area (Å²) in [6, 6.07) is 12.4. The SMILES string of the molecule is Cc1ccc(COc2cc([N+](=O)[O-])ccc2Br)cc1. The lowest BCUT2D eigenvalue weighted by molar-refractivity contribution is -0.385. The number of benzene rings is 2. The van der Waals surface area contributed by atoms with Gasteiger partial charge in [0.05, 0.1) is 15.5 Å². The molecule has 0 fully saturated rings. The van der Waals surface area contributed by atoms with Gasteiger partial charge in [-0.1, -0.05) is 29.8 Å². The summed E-state index contributed by atoms with van der Waals surface area (Å²) >= 11 is 3.32. The highest BCUT2D eigenvalue weighted by Gasteiger charge is 2.10. The number of nitrogens with zero attached hydrogens (tertiary/aromatic N) is 1. The molecule has 0 spiro atoms. The van der Waals surface area contributed by atoms with Crippen molar-refractivity contribution in [3.05, 3.63) is 68.2 Å². The van der Waals surface area contributed by atoms with E-state index in [0.717, 1.165) is 5.56 Å². The predicted molar refractivity (Wildman–Crippen MR) is 76.3 cm³/mol. The molecule has 0 amide bonds. The number of hydrogen-bond donors (Lipinski definition) is 0. The van der Waals surface area contributed by atoms with Crippen LogP contribution in [-0.2, 0) is 6.61 Å². The van der Waals surface area contributed by atoms with Gasteiger partial charge in [-0.15, -0.1) is 0 Å². The second-order valence-corrected chi connectivity index (χ2v) is 5.00. The first-order valence-corrected chi connectivity index (χ1v) is 6.48. The Balaban J connectivity index is 2.12. The molecular weight excluding hydrogens is 310 g/mol.